The molecule has 0 amide bonds. The van der Waals surface area contributed by atoms with E-state index in [1.54, 1.807) is 0 Å². The fourth-order valence-corrected chi connectivity index (χ4v) is 21.9. The number of allylic oxidation sites excluding steroid dienone is 4. The lowest BCUT2D eigenvalue weighted by Crippen LogP contribution is -1.80. The van der Waals surface area contributed by atoms with Crippen LogP contribution in [0, 0.1) is 0 Å². The SMILES string of the molecule is CSC1=C(SC)SC(=C/C=C2\SC(SC)=C(SCSC3=C(SC)S/C(=C/C=C4SC(CS)=C(CS)S4)S3)S2)S1. The highest BCUT2D eigenvalue weighted by Crippen LogP contribution is 2.61. The van der Waals surface area contributed by atoms with E-state index in [1.165, 1.54) is 52.2 Å². The molecule has 0 saturated heterocycles. The lowest BCUT2D eigenvalue weighted by Gasteiger charge is -2.04. The Labute approximate surface area is 303 Å². The van der Waals surface area contributed by atoms with Crippen molar-refractivity contribution in [1.29, 1.82) is 0 Å². The molecular weight excluding hydrogens is 789 g/mol. The van der Waals surface area contributed by atoms with Crippen LogP contribution in [-0.2, 0) is 0 Å². The third-order valence-corrected chi connectivity index (χ3v) is 24.0. The molecule has 0 unspecified atom stereocenters. The van der Waals surface area contributed by atoms with Gasteiger partial charge in [0.1, 0.15) is 0 Å². The van der Waals surface area contributed by atoms with Gasteiger partial charge < -0.3 is 0 Å². The number of hydrogen-bond acceptors (Lipinski definition) is 16. The summed E-state index contributed by atoms with van der Waals surface area (Å²) in [6.45, 7) is 0. The Balaban J connectivity index is 1.29. The van der Waals surface area contributed by atoms with Crippen LogP contribution in [0.3, 0.4) is 0 Å². The topological polar surface area (TPSA) is 0 Å². The maximum atomic E-state index is 4.48. The van der Waals surface area contributed by atoms with Gasteiger partial charge in [0, 0.05) is 30.6 Å². The second-order valence-electron chi connectivity index (χ2n) is 6.87. The molecule has 212 valence electrons. The molecule has 0 radical (unpaired) electrons. The summed E-state index contributed by atoms with van der Waals surface area (Å²) in [6.07, 6.45) is 17.9. The monoisotopic (exact) mass is 812 g/mol. The average Bonchev–Trinajstić information content (AvgIpc) is 3.74. The second-order valence-corrected chi connectivity index (χ2v) is 24.3. The quantitative estimate of drug-likeness (QED) is 0.142. The van der Waals surface area contributed by atoms with Gasteiger partial charge in [-0.25, -0.2) is 0 Å². The first-order chi connectivity index (χ1) is 19.0. The van der Waals surface area contributed by atoms with E-state index in [0.717, 1.165) is 16.6 Å². The molecule has 0 nitrogen and oxygen atoms in total. The van der Waals surface area contributed by atoms with Crippen LogP contribution in [0.25, 0.3) is 0 Å². The van der Waals surface area contributed by atoms with Crippen LogP contribution in [0.5, 0.6) is 0 Å². The normalized spacial score (nSPS) is 22.3. The summed E-state index contributed by atoms with van der Waals surface area (Å²) in [7, 11) is 0. The molecule has 0 spiro atoms. The lowest BCUT2D eigenvalue weighted by atomic mass is 10.6. The van der Waals surface area contributed by atoms with E-state index in [1.807, 2.05) is 165 Å². The first kappa shape index (κ1) is 35.4. The van der Waals surface area contributed by atoms with Crippen LogP contribution in [-0.4, -0.2) is 41.6 Å². The molecule has 0 aromatic carbocycles. The predicted molar refractivity (Wildman–Crippen MR) is 223 cm³/mol. The van der Waals surface area contributed by atoms with Gasteiger partial charge in [-0.05, 0) is 49.3 Å². The van der Waals surface area contributed by atoms with Gasteiger partial charge in [0.05, 0.1) is 38.1 Å². The van der Waals surface area contributed by atoms with Gasteiger partial charge in [-0.15, -0.1) is 70.6 Å². The van der Waals surface area contributed by atoms with E-state index < -0.39 is 0 Å². The van der Waals surface area contributed by atoms with E-state index in [9.17, 15) is 0 Å². The fourth-order valence-electron chi connectivity index (χ4n) is 2.84. The maximum Gasteiger partial charge on any atom is 0.0667 e. The zero-order chi connectivity index (χ0) is 27.8. The summed E-state index contributed by atoms with van der Waals surface area (Å²) < 4.78 is 14.0. The predicted octanol–water partition coefficient (Wildman–Crippen LogP) is 13.6. The van der Waals surface area contributed by atoms with Crippen LogP contribution in [0.1, 0.15) is 0 Å². The summed E-state index contributed by atoms with van der Waals surface area (Å²) in [5.41, 5.74) is 0. The van der Waals surface area contributed by atoms with Crippen molar-refractivity contribution in [2.75, 3.05) is 41.6 Å². The van der Waals surface area contributed by atoms with Crippen molar-refractivity contribution in [3.05, 3.63) is 76.5 Å². The van der Waals surface area contributed by atoms with E-state index >= 15 is 0 Å². The molecule has 0 fully saturated rings. The molecule has 0 bridgehead atoms. The molecule has 0 aromatic heterocycles. The Kier molecular flexibility index (Phi) is 16.9. The van der Waals surface area contributed by atoms with Crippen molar-refractivity contribution in [3.63, 3.8) is 0 Å². The molecule has 4 aliphatic heterocycles. The van der Waals surface area contributed by atoms with Gasteiger partial charge in [-0.2, -0.15) is 25.3 Å². The van der Waals surface area contributed by atoms with Crippen molar-refractivity contribution >= 4 is 190 Å². The van der Waals surface area contributed by atoms with Crippen LogP contribution in [0.2, 0.25) is 0 Å². The molecule has 0 N–H and O–H groups in total. The number of thiol groups is 2. The molecule has 39 heavy (non-hydrogen) atoms. The minimum absolute atomic E-state index is 0.787. The van der Waals surface area contributed by atoms with Crippen LogP contribution in [0.15, 0.2) is 76.5 Å². The van der Waals surface area contributed by atoms with Crippen molar-refractivity contribution < 1.29 is 0 Å². The molecule has 4 aliphatic rings. The zero-order valence-electron chi connectivity index (χ0n) is 21.0. The standard InChI is InChI=1S/C23H24S16/c1-26-18-19(27-2)35-15(34-18)7-8-17-37-21(29-4)23(39-17)31-11-30-22-20(28-3)36-16(38-22)6-5-14-32-12(9-24)13(10-25)33-14/h5-8,24-25H,9-11H2,1-4H3/b16-6-,17-8+. The Hall–Kier alpha value is 3.52. The summed E-state index contributed by atoms with van der Waals surface area (Å²) in [4.78, 5) is 2.68. The molecule has 0 atom stereocenters. The molecule has 16 heteroatoms. The minimum Gasteiger partial charge on any atom is -0.174 e. The van der Waals surface area contributed by atoms with E-state index in [0.29, 0.717) is 0 Å². The molecule has 4 rings (SSSR count). The average molecular weight is 814 g/mol. The molecule has 0 aliphatic carbocycles. The van der Waals surface area contributed by atoms with Crippen molar-refractivity contribution in [2.24, 2.45) is 0 Å². The second kappa shape index (κ2) is 18.6. The number of rotatable bonds is 12. The summed E-state index contributed by atoms with van der Waals surface area (Å²) in [5.74, 6) is 1.57. The van der Waals surface area contributed by atoms with Gasteiger partial charge in [-0.3, -0.25) is 0 Å². The number of hydrogen-bond donors (Lipinski definition) is 2. The van der Waals surface area contributed by atoms with Crippen molar-refractivity contribution in [1.82, 2.24) is 0 Å². The first-order valence-corrected chi connectivity index (χ1v) is 25.5. The first-order valence-electron chi connectivity index (χ1n) is 10.9. The van der Waals surface area contributed by atoms with Gasteiger partial charge in [-0.1, -0.05) is 94.1 Å². The Morgan fingerprint density at radius 2 is 0.744 bits per heavy atom. The van der Waals surface area contributed by atoms with Crippen LogP contribution < -0.4 is 0 Å². The Bertz CT molecular complexity index is 1070. The van der Waals surface area contributed by atoms with Crippen molar-refractivity contribution in [2.45, 2.75) is 0 Å². The van der Waals surface area contributed by atoms with Crippen molar-refractivity contribution in [3.8, 4) is 0 Å². The van der Waals surface area contributed by atoms with E-state index in [4.69, 9.17) is 0 Å². The largest absolute Gasteiger partial charge is 0.174 e. The van der Waals surface area contributed by atoms with E-state index in [2.05, 4.69) is 74.6 Å². The minimum atomic E-state index is 0.787. The lowest BCUT2D eigenvalue weighted by molar-refractivity contribution is 1.61. The highest BCUT2D eigenvalue weighted by Gasteiger charge is 2.25. The van der Waals surface area contributed by atoms with Gasteiger partial charge in [0.15, 0.2) is 0 Å². The molecular formula is C23H24S16. The summed E-state index contributed by atoms with van der Waals surface area (Å²) >= 11 is 35.5. The third kappa shape index (κ3) is 10.3. The molecule has 0 aromatic rings. The van der Waals surface area contributed by atoms with E-state index in [-0.39, 0.29) is 0 Å². The van der Waals surface area contributed by atoms with Crippen LogP contribution in [0.4, 0.5) is 0 Å². The zero-order valence-corrected chi connectivity index (χ0v) is 34.3. The highest BCUT2D eigenvalue weighted by atomic mass is 32.3. The summed E-state index contributed by atoms with van der Waals surface area (Å²) in [6, 6.07) is 0. The van der Waals surface area contributed by atoms with Gasteiger partial charge in [0.2, 0.25) is 0 Å². The third-order valence-electron chi connectivity index (χ3n) is 4.54. The fraction of sp³-hybridized carbons (Fsp3) is 0.304. The molecule has 0 saturated carbocycles. The Morgan fingerprint density at radius 1 is 0.462 bits per heavy atom. The van der Waals surface area contributed by atoms with Crippen LogP contribution >= 0.6 is 190 Å². The summed E-state index contributed by atoms with van der Waals surface area (Å²) in [5, 5.41) is 1.03. The van der Waals surface area contributed by atoms with Gasteiger partial charge in [0.25, 0.3) is 0 Å². The highest BCUT2D eigenvalue weighted by molar-refractivity contribution is 8.44. The smallest absolute Gasteiger partial charge is 0.0667 e. The Morgan fingerprint density at radius 3 is 1.05 bits per heavy atom. The molecule has 4 heterocycles. The number of thioether (sulfide) groups is 14. The van der Waals surface area contributed by atoms with Gasteiger partial charge >= 0.3 is 0 Å². The maximum absolute atomic E-state index is 4.48.